The van der Waals surface area contributed by atoms with Crippen LogP contribution in [0.4, 0.5) is 0 Å². The number of amides is 1. The summed E-state index contributed by atoms with van der Waals surface area (Å²) >= 11 is 2.40. The molecule has 1 saturated carbocycles. The highest BCUT2D eigenvalue weighted by Gasteiger charge is 2.20. The molecule has 1 N–H and O–H groups in total. The summed E-state index contributed by atoms with van der Waals surface area (Å²) in [6, 6.07) is 0. The predicted molar refractivity (Wildman–Crippen MR) is 72.3 cm³/mol. The molecule has 15 heavy (non-hydrogen) atoms. The minimum absolute atomic E-state index is 0.309. The predicted octanol–water partition coefficient (Wildman–Crippen LogP) is 3.29. The van der Waals surface area contributed by atoms with Crippen molar-refractivity contribution in [1.29, 1.82) is 0 Å². The maximum absolute atomic E-state index is 11.7. The van der Waals surface area contributed by atoms with Crippen LogP contribution >= 0.6 is 22.6 Å². The highest BCUT2D eigenvalue weighted by atomic mass is 127. The maximum Gasteiger partial charge on any atom is 0.223 e. The fourth-order valence-electron chi connectivity index (χ4n) is 2.12. The lowest BCUT2D eigenvalue weighted by Gasteiger charge is -2.20. The summed E-state index contributed by atoms with van der Waals surface area (Å²) in [6.45, 7) is 0.881. The average Bonchev–Trinajstić information content (AvgIpc) is 2.30. The molecule has 0 radical (unpaired) electrons. The second-order valence-corrected chi connectivity index (χ2v) is 5.45. The maximum atomic E-state index is 11.7. The van der Waals surface area contributed by atoms with E-state index in [1.807, 2.05) is 0 Å². The molecule has 2 nitrogen and oxygen atoms in total. The van der Waals surface area contributed by atoms with Gasteiger partial charge in [0.25, 0.3) is 0 Å². The number of hydrogen-bond acceptors (Lipinski definition) is 1. The molecule has 0 aromatic rings. The lowest BCUT2D eigenvalue weighted by Crippen LogP contribution is -2.32. The summed E-state index contributed by atoms with van der Waals surface area (Å²) in [7, 11) is 0. The molecule has 1 fully saturated rings. The summed E-state index contributed by atoms with van der Waals surface area (Å²) in [6.07, 6.45) is 9.69. The van der Waals surface area contributed by atoms with Gasteiger partial charge in [-0.15, -0.1) is 0 Å². The van der Waals surface area contributed by atoms with E-state index >= 15 is 0 Å². The van der Waals surface area contributed by atoms with Crippen LogP contribution in [0.3, 0.4) is 0 Å². The SMILES string of the molecule is O=C(NCCCCCI)C1CCCCC1. The fraction of sp³-hybridized carbons (Fsp3) is 0.917. The van der Waals surface area contributed by atoms with Crippen molar-refractivity contribution >= 4 is 28.5 Å². The zero-order chi connectivity index (χ0) is 10.9. The van der Waals surface area contributed by atoms with Crippen LogP contribution < -0.4 is 5.32 Å². The Morgan fingerprint density at radius 3 is 2.53 bits per heavy atom. The number of carbonyl (C=O) groups excluding carboxylic acids is 1. The van der Waals surface area contributed by atoms with Gasteiger partial charge in [0, 0.05) is 12.5 Å². The number of hydrogen-bond donors (Lipinski definition) is 1. The van der Waals surface area contributed by atoms with Gasteiger partial charge in [-0.1, -0.05) is 48.3 Å². The van der Waals surface area contributed by atoms with E-state index < -0.39 is 0 Å². The molecule has 0 aliphatic heterocycles. The van der Waals surface area contributed by atoms with Crippen molar-refractivity contribution in [2.45, 2.75) is 51.4 Å². The summed E-state index contributed by atoms with van der Waals surface area (Å²) in [4.78, 5) is 11.7. The smallest absolute Gasteiger partial charge is 0.223 e. The molecule has 0 spiro atoms. The van der Waals surface area contributed by atoms with Crippen LogP contribution in [0.2, 0.25) is 0 Å². The van der Waals surface area contributed by atoms with E-state index in [4.69, 9.17) is 0 Å². The number of unbranched alkanes of at least 4 members (excludes halogenated alkanes) is 2. The number of halogens is 1. The Bertz CT molecular complexity index is 178. The Hall–Kier alpha value is 0.200. The van der Waals surface area contributed by atoms with Crippen LogP contribution in [0.25, 0.3) is 0 Å². The van der Waals surface area contributed by atoms with Crippen LogP contribution in [-0.4, -0.2) is 16.9 Å². The Labute approximate surface area is 107 Å². The van der Waals surface area contributed by atoms with Crippen molar-refractivity contribution in [2.75, 3.05) is 11.0 Å². The third-order valence-electron chi connectivity index (χ3n) is 3.09. The second-order valence-electron chi connectivity index (χ2n) is 4.38. The zero-order valence-corrected chi connectivity index (χ0v) is 11.6. The third-order valence-corrected chi connectivity index (χ3v) is 3.85. The standard InChI is InChI=1S/C12H22INO/c13-9-5-2-6-10-14-12(15)11-7-3-1-4-8-11/h11H,1-10H2,(H,14,15). The van der Waals surface area contributed by atoms with Crippen LogP contribution in [0.5, 0.6) is 0 Å². The summed E-state index contributed by atoms with van der Waals surface area (Å²) in [5.74, 6) is 0.632. The molecule has 3 heteroatoms. The molecule has 0 aromatic carbocycles. The molecule has 88 valence electrons. The zero-order valence-electron chi connectivity index (χ0n) is 9.43. The quantitative estimate of drug-likeness (QED) is 0.454. The van der Waals surface area contributed by atoms with Crippen LogP contribution in [0, 0.1) is 5.92 Å². The van der Waals surface area contributed by atoms with E-state index in [9.17, 15) is 4.79 Å². The molecular formula is C12H22INO. The minimum atomic E-state index is 0.309. The highest BCUT2D eigenvalue weighted by molar-refractivity contribution is 14.1. The second kappa shape index (κ2) is 8.36. The molecule has 0 heterocycles. The Kier molecular flexibility index (Phi) is 7.40. The largest absolute Gasteiger partial charge is 0.356 e. The first kappa shape index (κ1) is 13.3. The average molecular weight is 323 g/mol. The molecule has 1 aliphatic carbocycles. The lowest BCUT2D eigenvalue weighted by molar-refractivity contribution is -0.125. The van der Waals surface area contributed by atoms with Crippen molar-refractivity contribution in [3.8, 4) is 0 Å². The lowest BCUT2D eigenvalue weighted by atomic mass is 9.89. The van der Waals surface area contributed by atoms with Gasteiger partial charge in [0.05, 0.1) is 0 Å². The van der Waals surface area contributed by atoms with Crippen molar-refractivity contribution < 1.29 is 4.79 Å². The topological polar surface area (TPSA) is 29.1 Å². The summed E-state index contributed by atoms with van der Waals surface area (Å²) < 4.78 is 1.23. The van der Waals surface area contributed by atoms with Gasteiger partial charge in [0.1, 0.15) is 0 Å². The van der Waals surface area contributed by atoms with Gasteiger partial charge in [0.2, 0.25) is 5.91 Å². The number of nitrogens with one attached hydrogen (secondary N) is 1. The molecular weight excluding hydrogens is 301 g/mol. The Balaban J connectivity index is 2.02. The third kappa shape index (κ3) is 5.73. The van der Waals surface area contributed by atoms with Crippen LogP contribution in [0.15, 0.2) is 0 Å². The van der Waals surface area contributed by atoms with Gasteiger partial charge in [0.15, 0.2) is 0 Å². The van der Waals surface area contributed by atoms with Crippen molar-refractivity contribution in [1.82, 2.24) is 5.32 Å². The fourth-order valence-corrected chi connectivity index (χ4v) is 2.66. The molecule has 1 amide bonds. The molecule has 0 bridgehead atoms. The first-order valence-electron chi connectivity index (χ1n) is 6.18. The van der Waals surface area contributed by atoms with E-state index in [0.29, 0.717) is 11.8 Å². The van der Waals surface area contributed by atoms with Gasteiger partial charge in [-0.2, -0.15) is 0 Å². The number of rotatable bonds is 6. The van der Waals surface area contributed by atoms with Gasteiger partial charge in [-0.25, -0.2) is 0 Å². The van der Waals surface area contributed by atoms with Crippen molar-refractivity contribution in [3.05, 3.63) is 0 Å². The molecule has 0 saturated heterocycles. The van der Waals surface area contributed by atoms with E-state index in [0.717, 1.165) is 25.8 Å². The van der Waals surface area contributed by atoms with E-state index in [1.54, 1.807) is 0 Å². The molecule has 0 unspecified atom stereocenters. The van der Waals surface area contributed by atoms with Crippen molar-refractivity contribution in [2.24, 2.45) is 5.92 Å². The van der Waals surface area contributed by atoms with E-state index in [1.165, 1.54) is 36.5 Å². The normalized spacial score (nSPS) is 17.7. The van der Waals surface area contributed by atoms with Crippen LogP contribution in [-0.2, 0) is 4.79 Å². The molecule has 0 atom stereocenters. The Morgan fingerprint density at radius 2 is 1.87 bits per heavy atom. The van der Waals surface area contributed by atoms with Gasteiger partial charge >= 0.3 is 0 Å². The molecule has 1 rings (SSSR count). The Morgan fingerprint density at radius 1 is 1.13 bits per heavy atom. The molecule has 0 aromatic heterocycles. The number of alkyl halides is 1. The summed E-state index contributed by atoms with van der Waals surface area (Å²) in [5, 5.41) is 3.07. The molecule has 1 aliphatic rings. The number of carbonyl (C=O) groups is 1. The van der Waals surface area contributed by atoms with Crippen LogP contribution in [0.1, 0.15) is 51.4 Å². The van der Waals surface area contributed by atoms with Crippen molar-refractivity contribution in [3.63, 3.8) is 0 Å². The van der Waals surface area contributed by atoms with Gasteiger partial charge in [-0.05, 0) is 30.1 Å². The van der Waals surface area contributed by atoms with Gasteiger partial charge in [-0.3, -0.25) is 4.79 Å². The minimum Gasteiger partial charge on any atom is -0.356 e. The summed E-state index contributed by atoms with van der Waals surface area (Å²) in [5.41, 5.74) is 0. The highest BCUT2D eigenvalue weighted by Crippen LogP contribution is 2.23. The first-order chi connectivity index (χ1) is 7.34. The first-order valence-corrected chi connectivity index (χ1v) is 7.71. The monoisotopic (exact) mass is 323 g/mol. The van der Waals surface area contributed by atoms with E-state index in [-0.39, 0.29) is 0 Å². The van der Waals surface area contributed by atoms with Gasteiger partial charge < -0.3 is 5.32 Å². The van der Waals surface area contributed by atoms with E-state index in [2.05, 4.69) is 27.9 Å².